The van der Waals surface area contributed by atoms with Crippen molar-refractivity contribution >= 4 is 22.5 Å². The van der Waals surface area contributed by atoms with Crippen molar-refractivity contribution < 1.29 is 9.18 Å². The molecule has 0 bridgehead atoms. The number of allylic oxidation sites excluding steroid dienone is 1. The number of carbonyl (C=O) groups is 1. The largest absolute Gasteiger partial charge is 0.333 e. The van der Waals surface area contributed by atoms with Crippen LogP contribution in [0.5, 0.6) is 0 Å². The molecule has 1 fully saturated rings. The third kappa shape index (κ3) is 4.46. The van der Waals surface area contributed by atoms with Crippen LogP contribution in [0.4, 0.5) is 4.39 Å². The predicted octanol–water partition coefficient (Wildman–Crippen LogP) is 4.73. The van der Waals surface area contributed by atoms with Gasteiger partial charge in [0.2, 0.25) is 0 Å². The highest BCUT2D eigenvalue weighted by molar-refractivity contribution is 5.97. The van der Waals surface area contributed by atoms with Gasteiger partial charge in [-0.15, -0.1) is 0 Å². The van der Waals surface area contributed by atoms with Gasteiger partial charge in [0, 0.05) is 23.7 Å². The van der Waals surface area contributed by atoms with Crippen LogP contribution in [-0.2, 0) is 6.54 Å². The Morgan fingerprint density at radius 3 is 2.41 bits per heavy atom. The Balaban J connectivity index is 1.36. The summed E-state index contributed by atoms with van der Waals surface area (Å²) >= 11 is 0. The monoisotopic (exact) mass is 435 g/mol. The van der Waals surface area contributed by atoms with Crippen molar-refractivity contribution in [2.24, 2.45) is 5.92 Å². The number of fused-ring (bicyclic) bond motifs is 1. The molecule has 5 nitrogen and oxygen atoms in total. The number of hydrogen-bond acceptors (Lipinski definition) is 3. The number of halogens is 1. The topological polar surface area (TPSA) is 47.2 Å². The first kappa shape index (κ1) is 22.2. The number of aromatic nitrogens is 2. The lowest BCUT2D eigenvalue weighted by Gasteiger charge is -2.31. The lowest BCUT2D eigenvalue weighted by Crippen LogP contribution is -2.37. The average molecular weight is 436 g/mol. The number of imidazole rings is 1. The first-order valence-corrected chi connectivity index (χ1v) is 11.2. The molecule has 0 saturated carbocycles. The summed E-state index contributed by atoms with van der Waals surface area (Å²) < 4.78 is 16.6. The summed E-state index contributed by atoms with van der Waals surface area (Å²) in [6, 6.07) is 11.9. The SMILES string of the molecule is C=C(C)n1c(=O)n(CCCN2CCC(C(=O)c3ccc(F)cc3)CC2)c2cc(C)ccc21. The van der Waals surface area contributed by atoms with E-state index in [9.17, 15) is 14.0 Å². The number of ketones is 1. The maximum atomic E-state index is 13.1. The fourth-order valence-corrected chi connectivity index (χ4v) is 4.67. The molecule has 4 rings (SSSR count). The summed E-state index contributed by atoms with van der Waals surface area (Å²) in [5.74, 6) is -0.216. The molecule has 0 atom stereocenters. The van der Waals surface area contributed by atoms with Crippen molar-refractivity contribution in [2.75, 3.05) is 19.6 Å². The summed E-state index contributed by atoms with van der Waals surface area (Å²) in [7, 11) is 0. The standard InChI is InChI=1S/C26H30FN3O2/c1-18(2)30-23-10-5-19(3)17-24(23)29(26(30)32)14-4-13-28-15-11-21(12-16-28)25(31)20-6-8-22(27)9-7-20/h5-10,17,21H,1,4,11-16H2,2-3H3. The molecule has 0 spiro atoms. The van der Waals surface area contributed by atoms with Gasteiger partial charge >= 0.3 is 5.69 Å². The van der Waals surface area contributed by atoms with Gasteiger partial charge in [-0.05, 0) is 94.7 Å². The van der Waals surface area contributed by atoms with Crippen molar-refractivity contribution in [3.8, 4) is 0 Å². The molecule has 2 aromatic carbocycles. The van der Waals surface area contributed by atoms with Crippen molar-refractivity contribution in [2.45, 2.75) is 39.7 Å². The number of hydrogen-bond donors (Lipinski definition) is 0. The van der Waals surface area contributed by atoms with Gasteiger partial charge in [0.05, 0.1) is 11.0 Å². The van der Waals surface area contributed by atoms with Crippen LogP contribution in [0.3, 0.4) is 0 Å². The van der Waals surface area contributed by atoms with E-state index in [2.05, 4.69) is 17.5 Å². The Hall–Kier alpha value is -2.99. The van der Waals surface area contributed by atoms with Crippen LogP contribution in [0.25, 0.3) is 16.7 Å². The van der Waals surface area contributed by atoms with E-state index in [-0.39, 0.29) is 23.2 Å². The number of likely N-dealkylation sites (tertiary alicyclic amines) is 1. The summed E-state index contributed by atoms with van der Waals surface area (Å²) in [6.45, 7) is 11.1. The highest BCUT2D eigenvalue weighted by atomic mass is 19.1. The van der Waals surface area contributed by atoms with Crippen molar-refractivity contribution in [1.82, 2.24) is 14.0 Å². The minimum Gasteiger partial charge on any atom is -0.303 e. The summed E-state index contributed by atoms with van der Waals surface area (Å²) in [6.07, 6.45) is 2.48. The quantitative estimate of drug-likeness (QED) is 0.504. The zero-order valence-corrected chi connectivity index (χ0v) is 18.8. The first-order chi connectivity index (χ1) is 15.3. The van der Waals surface area contributed by atoms with Crippen LogP contribution in [0.2, 0.25) is 0 Å². The van der Waals surface area contributed by atoms with Gasteiger partial charge in [0.1, 0.15) is 5.82 Å². The van der Waals surface area contributed by atoms with E-state index in [0.29, 0.717) is 12.1 Å². The van der Waals surface area contributed by atoms with Crippen LogP contribution in [0.1, 0.15) is 42.1 Å². The van der Waals surface area contributed by atoms with Crippen LogP contribution in [0.15, 0.2) is 53.8 Å². The molecule has 1 saturated heterocycles. The maximum Gasteiger partial charge on any atom is 0.333 e. The van der Waals surface area contributed by atoms with E-state index < -0.39 is 0 Å². The van der Waals surface area contributed by atoms with Crippen molar-refractivity contribution in [1.29, 1.82) is 0 Å². The Labute approximate surface area is 187 Å². The lowest BCUT2D eigenvalue weighted by molar-refractivity contribution is 0.0838. The number of Topliss-reactive ketones (excluding diaryl/α,β-unsaturated/α-hetero) is 1. The Kier molecular flexibility index (Phi) is 6.42. The molecule has 32 heavy (non-hydrogen) atoms. The fourth-order valence-electron chi connectivity index (χ4n) is 4.67. The zero-order chi connectivity index (χ0) is 22.8. The van der Waals surface area contributed by atoms with Gasteiger partial charge in [-0.2, -0.15) is 0 Å². The van der Waals surface area contributed by atoms with Crippen LogP contribution in [0, 0.1) is 18.7 Å². The van der Waals surface area contributed by atoms with Crippen molar-refractivity contribution in [3.63, 3.8) is 0 Å². The van der Waals surface area contributed by atoms with Gasteiger partial charge in [-0.3, -0.25) is 13.9 Å². The number of rotatable bonds is 7. The molecule has 0 aliphatic carbocycles. The Morgan fingerprint density at radius 2 is 1.75 bits per heavy atom. The molecule has 2 heterocycles. The third-order valence-electron chi connectivity index (χ3n) is 6.41. The molecule has 168 valence electrons. The first-order valence-electron chi connectivity index (χ1n) is 11.2. The van der Waals surface area contributed by atoms with Crippen LogP contribution < -0.4 is 5.69 Å². The molecule has 1 aliphatic heterocycles. The second-order valence-electron chi connectivity index (χ2n) is 8.84. The van der Waals surface area contributed by atoms with E-state index in [4.69, 9.17) is 0 Å². The molecule has 6 heteroatoms. The molecular weight excluding hydrogens is 405 g/mol. The highest BCUT2D eigenvalue weighted by Gasteiger charge is 2.25. The molecule has 0 radical (unpaired) electrons. The van der Waals surface area contributed by atoms with Gasteiger partial charge in [0.25, 0.3) is 0 Å². The number of benzene rings is 2. The number of nitrogens with zero attached hydrogens (tertiary/aromatic N) is 3. The lowest BCUT2D eigenvalue weighted by atomic mass is 9.89. The van der Waals surface area contributed by atoms with Gasteiger partial charge in [-0.25, -0.2) is 9.18 Å². The van der Waals surface area contributed by atoms with Crippen LogP contribution in [-0.4, -0.2) is 39.5 Å². The van der Waals surface area contributed by atoms with E-state index >= 15 is 0 Å². The van der Waals surface area contributed by atoms with Gasteiger partial charge in [-0.1, -0.05) is 12.6 Å². The molecule has 3 aromatic rings. The second-order valence-corrected chi connectivity index (χ2v) is 8.84. The van der Waals surface area contributed by atoms with E-state index in [1.807, 2.05) is 30.5 Å². The van der Waals surface area contributed by atoms with Crippen molar-refractivity contribution in [3.05, 3.63) is 76.5 Å². The minimum absolute atomic E-state index is 0.00384. The van der Waals surface area contributed by atoms with E-state index in [0.717, 1.165) is 61.2 Å². The second kappa shape index (κ2) is 9.25. The average Bonchev–Trinajstić information content (AvgIpc) is 3.05. The summed E-state index contributed by atoms with van der Waals surface area (Å²) in [5.41, 5.74) is 4.23. The normalized spacial score (nSPS) is 15.3. The zero-order valence-electron chi connectivity index (χ0n) is 18.8. The van der Waals surface area contributed by atoms with Gasteiger partial charge < -0.3 is 4.90 Å². The Morgan fingerprint density at radius 1 is 1.06 bits per heavy atom. The Bertz CT molecular complexity index is 1200. The molecule has 0 unspecified atom stereocenters. The molecule has 1 aromatic heterocycles. The molecule has 1 aliphatic rings. The predicted molar refractivity (Wildman–Crippen MR) is 126 cm³/mol. The number of aryl methyl sites for hydroxylation is 2. The molecule has 0 amide bonds. The maximum absolute atomic E-state index is 13.1. The van der Waals surface area contributed by atoms with Gasteiger partial charge in [0.15, 0.2) is 5.78 Å². The smallest absolute Gasteiger partial charge is 0.303 e. The minimum atomic E-state index is -0.322. The third-order valence-corrected chi connectivity index (χ3v) is 6.41. The van der Waals surface area contributed by atoms with E-state index in [1.165, 1.54) is 12.1 Å². The summed E-state index contributed by atoms with van der Waals surface area (Å²) in [4.78, 5) is 28.0. The number of carbonyl (C=O) groups excluding carboxylic acids is 1. The van der Waals surface area contributed by atoms with Crippen LogP contribution >= 0.6 is 0 Å². The van der Waals surface area contributed by atoms with E-state index in [1.54, 1.807) is 16.7 Å². The molecule has 0 N–H and O–H groups in total. The highest BCUT2D eigenvalue weighted by Crippen LogP contribution is 2.23. The summed E-state index contributed by atoms with van der Waals surface area (Å²) in [5, 5.41) is 0. The number of piperidine rings is 1. The molecular formula is C26H30FN3O2. The fraction of sp³-hybridized carbons (Fsp3) is 0.385.